The third kappa shape index (κ3) is 5.57. The molecule has 0 aliphatic carbocycles. The SMILES string of the molecule is Cc1nc(CC(=O)N/N=C\c2ccc(CSC(F)F)o2)cs1. The van der Waals surface area contributed by atoms with Gasteiger partial charge in [-0.2, -0.15) is 13.9 Å². The molecule has 2 aromatic heterocycles. The molecule has 118 valence electrons. The van der Waals surface area contributed by atoms with E-state index in [0.29, 0.717) is 29.0 Å². The minimum atomic E-state index is -2.43. The van der Waals surface area contributed by atoms with Crippen LogP contribution in [0.4, 0.5) is 8.78 Å². The Morgan fingerprint density at radius 1 is 1.59 bits per heavy atom. The molecule has 1 N–H and O–H groups in total. The quantitative estimate of drug-likeness (QED) is 0.618. The number of carbonyl (C=O) groups is 1. The van der Waals surface area contributed by atoms with Crippen molar-refractivity contribution < 1.29 is 18.0 Å². The van der Waals surface area contributed by atoms with Crippen LogP contribution in [0.1, 0.15) is 22.2 Å². The predicted molar refractivity (Wildman–Crippen MR) is 82.3 cm³/mol. The first kappa shape index (κ1) is 16.6. The molecule has 2 heterocycles. The van der Waals surface area contributed by atoms with E-state index in [9.17, 15) is 13.6 Å². The number of hydrogen-bond donors (Lipinski definition) is 1. The van der Waals surface area contributed by atoms with E-state index in [1.54, 1.807) is 12.1 Å². The zero-order valence-corrected chi connectivity index (χ0v) is 13.2. The summed E-state index contributed by atoms with van der Waals surface area (Å²) < 4.78 is 29.4. The molecule has 22 heavy (non-hydrogen) atoms. The van der Waals surface area contributed by atoms with Crippen LogP contribution in [-0.2, 0) is 17.0 Å². The third-order valence-corrected chi connectivity index (χ3v) is 3.95. The lowest BCUT2D eigenvalue weighted by molar-refractivity contribution is -0.120. The minimum Gasteiger partial charge on any atom is -0.459 e. The van der Waals surface area contributed by atoms with Gasteiger partial charge in [-0.1, -0.05) is 11.8 Å². The van der Waals surface area contributed by atoms with E-state index in [1.165, 1.54) is 17.6 Å². The van der Waals surface area contributed by atoms with Crippen molar-refractivity contribution in [3.05, 3.63) is 39.7 Å². The Balaban J connectivity index is 1.78. The molecule has 0 unspecified atom stereocenters. The van der Waals surface area contributed by atoms with E-state index in [-0.39, 0.29) is 18.1 Å². The highest BCUT2D eigenvalue weighted by molar-refractivity contribution is 7.98. The third-order valence-electron chi connectivity index (χ3n) is 2.42. The number of carbonyl (C=O) groups excluding carboxylic acids is 1. The van der Waals surface area contributed by atoms with E-state index in [0.717, 1.165) is 5.01 Å². The van der Waals surface area contributed by atoms with Gasteiger partial charge in [0.25, 0.3) is 5.76 Å². The highest BCUT2D eigenvalue weighted by atomic mass is 32.2. The van der Waals surface area contributed by atoms with Crippen LogP contribution in [0.2, 0.25) is 0 Å². The van der Waals surface area contributed by atoms with Gasteiger partial charge in [-0.25, -0.2) is 10.4 Å². The molecule has 1 amide bonds. The van der Waals surface area contributed by atoms with Crippen LogP contribution in [0.5, 0.6) is 0 Å². The zero-order valence-electron chi connectivity index (χ0n) is 11.6. The number of nitrogens with one attached hydrogen (secondary N) is 1. The standard InChI is InChI=1S/C13H13F2N3O2S2/c1-8-17-9(6-21-8)4-12(19)18-16-5-10-2-3-11(20-10)7-22-13(14)15/h2-3,5-6,13H,4,7H2,1H3,(H,18,19)/b16-5-. The number of nitrogens with zero attached hydrogens (tertiary/aromatic N) is 2. The second-order valence-corrected chi connectivity index (χ2v) is 6.24. The first-order valence-electron chi connectivity index (χ1n) is 6.24. The van der Waals surface area contributed by atoms with Gasteiger partial charge in [0, 0.05) is 5.38 Å². The van der Waals surface area contributed by atoms with E-state index >= 15 is 0 Å². The fraction of sp³-hybridized carbons (Fsp3) is 0.308. The van der Waals surface area contributed by atoms with Crippen LogP contribution < -0.4 is 5.43 Å². The molecule has 0 spiro atoms. The van der Waals surface area contributed by atoms with Crippen LogP contribution in [0.15, 0.2) is 27.0 Å². The molecule has 0 bridgehead atoms. The highest BCUT2D eigenvalue weighted by Gasteiger charge is 2.07. The van der Waals surface area contributed by atoms with Gasteiger partial charge in [0.2, 0.25) is 5.91 Å². The van der Waals surface area contributed by atoms with Crippen LogP contribution in [-0.4, -0.2) is 22.9 Å². The Hall–Kier alpha value is -1.74. The van der Waals surface area contributed by atoms with Crippen molar-refractivity contribution in [1.29, 1.82) is 0 Å². The summed E-state index contributed by atoms with van der Waals surface area (Å²) in [5, 5.41) is 6.47. The van der Waals surface area contributed by atoms with Crippen molar-refractivity contribution in [3.8, 4) is 0 Å². The summed E-state index contributed by atoms with van der Waals surface area (Å²) in [4.78, 5) is 15.8. The van der Waals surface area contributed by atoms with Crippen molar-refractivity contribution in [2.45, 2.75) is 24.9 Å². The maximum Gasteiger partial charge on any atom is 0.284 e. The van der Waals surface area contributed by atoms with E-state index in [4.69, 9.17) is 4.42 Å². The lowest BCUT2D eigenvalue weighted by atomic mass is 10.3. The number of rotatable bonds is 7. The maximum atomic E-state index is 12.0. The normalized spacial score (nSPS) is 11.5. The molecule has 0 atom stereocenters. The molecule has 0 radical (unpaired) electrons. The number of hydrazone groups is 1. The molecule has 0 saturated carbocycles. The molecule has 0 aliphatic heterocycles. The molecule has 2 aromatic rings. The summed E-state index contributed by atoms with van der Waals surface area (Å²) in [6, 6.07) is 3.19. The lowest BCUT2D eigenvalue weighted by Gasteiger charge is -1.96. The van der Waals surface area contributed by atoms with Gasteiger partial charge in [0.05, 0.1) is 29.1 Å². The fourth-order valence-electron chi connectivity index (χ4n) is 1.55. The number of hydrogen-bond acceptors (Lipinski definition) is 6. The van der Waals surface area contributed by atoms with Gasteiger partial charge >= 0.3 is 0 Å². The van der Waals surface area contributed by atoms with Gasteiger partial charge in [0.1, 0.15) is 11.5 Å². The molecule has 2 rings (SSSR count). The predicted octanol–water partition coefficient (Wildman–Crippen LogP) is 3.19. The van der Waals surface area contributed by atoms with Crippen molar-refractivity contribution in [2.75, 3.05) is 0 Å². The molecule has 9 heteroatoms. The Kier molecular flexibility index (Phi) is 6.08. The number of aromatic nitrogens is 1. The van der Waals surface area contributed by atoms with E-state index in [2.05, 4.69) is 15.5 Å². The first-order valence-corrected chi connectivity index (χ1v) is 8.17. The smallest absolute Gasteiger partial charge is 0.284 e. The Bertz CT molecular complexity index is 655. The molecule has 0 aliphatic rings. The van der Waals surface area contributed by atoms with Gasteiger partial charge in [0.15, 0.2) is 0 Å². The summed E-state index contributed by atoms with van der Waals surface area (Å²) in [5.41, 5.74) is 3.05. The average Bonchev–Trinajstić information content (AvgIpc) is 3.06. The van der Waals surface area contributed by atoms with Crippen LogP contribution in [0, 0.1) is 6.92 Å². The number of amides is 1. The number of thiazole rings is 1. The lowest BCUT2D eigenvalue weighted by Crippen LogP contribution is -2.19. The molecule has 0 fully saturated rings. The molecule has 5 nitrogen and oxygen atoms in total. The zero-order chi connectivity index (χ0) is 15.9. The van der Waals surface area contributed by atoms with Crippen molar-refractivity contribution >= 4 is 35.2 Å². The van der Waals surface area contributed by atoms with Gasteiger partial charge < -0.3 is 4.42 Å². The van der Waals surface area contributed by atoms with Gasteiger partial charge in [-0.05, 0) is 19.1 Å². The topological polar surface area (TPSA) is 67.5 Å². The second kappa shape index (κ2) is 8.04. The highest BCUT2D eigenvalue weighted by Crippen LogP contribution is 2.20. The summed E-state index contributed by atoms with van der Waals surface area (Å²) in [6.45, 7) is 1.87. The fourth-order valence-corrected chi connectivity index (χ4v) is 2.61. The molecular weight excluding hydrogens is 332 g/mol. The second-order valence-electron chi connectivity index (χ2n) is 4.20. The molecular formula is C13H13F2N3O2S2. The van der Waals surface area contributed by atoms with Crippen LogP contribution >= 0.6 is 23.1 Å². The Labute approximate surface area is 133 Å². The largest absolute Gasteiger partial charge is 0.459 e. The van der Waals surface area contributed by atoms with E-state index < -0.39 is 5.76 Å². The summed E-state index contributed by atoms with van der Waals surface area (Å²) in [7, 11) is 0. The van der Waals surface area contributed by atoms with Crippen LogP contribution in [0.25, 0.3) is 0 Å². The van der Waals surface area contributed by atoms with Crippen molar-refractivity contribution in [2.24, 2.45) is 5.10 Å². The summed E-state index contributed by atoms with van der Waals surface area (Å²) in [6.07, 6.45) is 1.47. The average molecular weight is 345 g/mol. The summed E-state index contributed by atoms with van der Waals surface area (Å²) in [5.74, 6) is -1.83. The minimum absolute atomic E-state index is 0.0844. The number of furan rings is 1. The number of thioether (sulfide) groups is 1. The maximum absolute atomic E-state index is 12.0. The van der Waals surface area contributed by atoms with Gasteiger partial charge in [-0.15, -0.1) is 11.3 Å². The number of aryl methyl sites for hydroxylation is 1. The monoisotopic (exact) mass is 345 g/mol. The molecule has 0 saturated heterocycles. The number of halogens is 2. The Morgan fingerprint density at radius 2 is 2.41 bits per heavy atom. The summed E-state index contributed by atoms with van der Waals surface area (Å²) >= 11 is 1.96. The number of alkyl halides is 2. The van der Waals surface area contributed by atoms with Crippen LogP contribution in [0.3, 0.4) is 0 Å². The first-order chi connectivity index (χ1) is 10.5. The van der Waals surface area contributed by atoms with Gasteiger partial charge in [-0.3, -0.25) is 4.79 Å². The van der Waals surface area contributed by atoms with Crippen molar-refractivity contribution in [3.63, 3.8) is 0 Å². The van der Waals surface area contributed by atoms with Crippen molar-refractivity contribution in [1.82, 2.24) is 10.4 Å². The Morgan fingerprint density at radius 3 is 3.09 bits per heavy atom. The van der Waals surface area contributed by atoms with E-state index in [1.807, 2.05) is 12.3 Å². The molecule has 0 aromatic carbocycles.